The molecule has 3 nitrogen and oxygen atoms in total. The summed E-state index contributed by atoms with van der Waals surface area (Å²) in [5.74, 6) is 0. The molecule has 3 heteroatoms. The van der Waals surface area contributed by atoms with Crippen molar-refractivity contribution < 1.29 is 0 Å². The Kier molecular flexibility index (Phi) is 5.85. The molecule has 88 valence electrons. The predicted molar refractivity (Wildman–Crippen MR) is 64.7 cm³/mol. The summed E-state index contributed by atoms with van der Waals surface area (Å²) in [6.07, 6.45) is 1.09. The van der Waals surface area contributed by atoms with Crippen molar-refractivity contribution >= 4 is 0 Å². The number of likely N-dealkylation sites (N-methyl/N-ethyl adjacent to an activating group) is 1. The zero-order chi connectivity index (χ0) is 12.1. The lowest BCUT2D eigenvalue weighted by molar-refractivity contribution is 0.142. The van der Waals surface area contributed by atoms with Crippen LogP contribution in [0.25, 0.3) is 0 Å². The van der Waals surface area contributed by atoms with Gasteiger partial charge in [-0.05, 0) is 41.2 Å². The van der Waals surface area contributed by atoms with Crippen LogP contribution in [-0.4, -0.2) is 36.1 Å². The Morgan fingerprint density at radius 1 is 1.40 bits per heavy atom. The van der Waals surface area contributed by atoms with Crippen molar-refractivity contribution in [2.75, 3.05) is 13.6 Å². The van der Waals surface area contributed by atoms with E-state index >= 15 is 0 Å². The molecular weight excluding hydrogens is 186 g/mol. The van der Waals surface area contributed by atoms with E-state index in [0.29, 0.717) is 6.04 Å². The minimum absolute atomic E-state index is 0.0826. The minimum Gasteiger partial charge on any atom is -0.299 e. The molecule has 1 N–H and O–H groups in total. The van der Waals surface area contributed by atoms with Crippen LogP contribution in [0.5, 0.6) is 0 Å². The Labute approximate surface area is 94.5 Å². The third kappa shape index (κ3) is 5.15. The maximum Gasteiger partial charge on any atom is 0.108 e. The Morgan fingerprint density at radius 2 is 1.93 bits per heavy atom. The maximum absolute atomic E-state index is 9.02. The summed E-state index contributed by atoms with van der Waals surface area (Å²) in [5, 5.41) is 12.3. The first kappa shape index (κ1) is 14.4. The van der Waals surface area contributed by atoms with E-state index in [2.05, 4.69) is 58.0 Å². The van der Waals surface area contributed by atoms with E-state index in [1.54, 1.807) is 0 Å². The van der Waals surface area contributed by atoms with Crippen LogP contribution in [0.4, 0.5) is 0 Å². The van der Waals surface area contributed by atoms with E-state index in [1.165, 1.54) is 0 Å². The number of nitriles is 1. The fourth-order valence-corrected chi connectivity index (χ4v) is 1.32. The molecule has 0 aliphatic rings. The largest absolute Gasteiger partial charge is 0.299 e. The summed E-state index contributed by atoms with van der Waals surface area (Å²) in [6.45, 7) is 11.5. The quantitative estimate of drug-likeness (QED) is 0.730. The summed E-state index contributed by atoms with van der Waals surface area (Å²) in [5.41, 5.74) is 0.160. The normalized spacial score (nSPS) is 14.3. The van der Waals surface area contributed by atoms with Gasteiger partial charge in [-0.1, -0.05) is 6.92 Å². The van der Waals surface area contributed by atoms with E-state index in [9.17, 15) is 0 Å². The van der Waals surface area contributed by atoms with Crippen LogP contribution in [0.15, 0.2) is 0 Å². The van der Waals surface area contributed by atoms with Crippen molar-refractivity contribution in [3.05, 3.63) is 0 Å². The van der Waals surface area contributed by atoms with Crippen LogP contribution in [0, 0.1) is 11.3 Å². The summed E-state index contributed by atoms with van der Waals surface area (Å²) in [4.78, 5) is 2.25. The zero-order valence-corrected chi connectivity index (χ0v) is 11.0. The van der Waals surface area contributed by atoms with Gasteiger partial charge < -0.3 is 0 Å². The standard InChI is InChI=1S/C12H25N3/c1-7-12(4,5)15(6)9-11(8-13)14-10(2)3/h10-11,14H,7,9H2,1-6H3. The van der Waals surface area contributed by atoms with E-state index in [1.807, 2.05) is 0 Å². The molecular formula is C12H25N3. The fraction of sp³-hybridized carbons (Fsp3) is 0.917. The molecule has 0 amide bonds. The van der Waals surface area contributed by atoms with E-state index < -0.39 is 0 Å². The summed E-state index contributed by atoms with van der Waals surface area (Å²) >= 11 is 0. The number of nitrogens with one attached hydrogen (secondary N) is 1. The minimum atomic E-state index is -0.0826. The molecule has 0 saturated heterocycles. The van der Waals surface area contributed by atoms with Gasteiger partial charge in [0.1, 0.15) is 6.04 Å². The predicted octanol–water partition coefficient (Wildman–Crippen LogP) is 2.00. The molecule has 0 heterocycles. The van der Waals surface area contributed by atoms with Gasteiger partial charge in [0.05, 0.1) is 6.07 Å². The van der Waals surface area contributed by atoms with Crippen LogP contribution in [0.2, 0.25) is 0 Å². The van der Waals surface area contributed by atoms with E-state index in [4.69, 9.17) is 5.26 Å². The molecule has 0 radical (unpaired) electrons. The van der Waals surface area contributed by atoms with Crippen molar-refractivity contribution in [2.45, 2.75) is 58.7 Å². The lowest BCUT2D eigenvalue weighted by Crippen LogP contribution is -2.49. The number of hydrogen-bond acceptors (Lipinski definition) is 3. The average Bonchev–Trinajstić information content (AvgIpc) is 2.15. The topological polar surface area (TPSA) is 39.1 Å². The van der Waals surface area contributed by atoms with E-state index in [0.717, 1.165) is 13.0 Å². The monoisotopic (exact) mass is 211 g/mol. The van der Waals surface area contributed by atoms with Crippen LogP contribution in [-0.2, 0) is 0 Å². The summed E-state index contributed by atoms with van der Waals surface area (Å²) in [6, 6.07) is 2.58. The van der Waals surface area contributed by atoms with Crippen LogP contribution in [0.1, 0.15) is 41.0 Å². The van der Waals surface area contributed by atoms with Crippen molar-refractivity contribution in [1.29, 1.82) is 5.26 Å². The van der Waals surface area contributed by atoms with Gasteiger partial charge in [-0.15, -0.1) is 0 Å². The first-order valence-corrected chi connectivity index (χ1v) is 5.70. The third-order valence-corrected chi connectivity index (χ3v) is 3.05. The third-order valence-electron chi connectivity index (χ3n) is 3.05. The molecule has 0 aliphatic heterocycles. The van der Waals surface area contributed by atoms with Gasteiger partial charge >= 0.3 is 0 Å². The molecule has 1 unspecified atom stereocenters. The molecule has 1 atom stereocenters. The van der Waals surface area contributed by atoms with Gasteiger partial charge in [0.25, 0.3) is 0 Å². The fourth-order valence-electron chi connectivity index (χ4n) is 1.32. The Hall–Kier alpha value is -0.590. The van der Waals surface area contributed by atoms with Crippen molar-refractivity contribution in [3.8, 4) is 6.07 Å². The van der Waals surface area contributed by atoms with Gasteiger partial charge in [0.15, 0.2) is 0 Å². The average molecular weight is 211 g/mol. The molecule has 0 rings (SSSR count). The molecule has 0 bridgehead atoms. The molecule has 0 aromatic rings. The van der Waals surface area contributed by atoms with Crippen LogP contribution >= 0.6 is 0 Å². The molecule has 0 aromatic carbocycles. The van der Waals surface area contributed by atoms with Gasteiger partial charge in [-0.3, -0.25) is 10.2 Å². The van der Waals surface area contributed by atoms with Gasteiger partial charge in [0, 0.05) is 18.1 Å². The molecule has 0 spiro atoms. The summed E-state index contributed by atoms with van der Waals surface area (Å²) in [7, 11) is 2.08. The second-order valence-electron chi connectivity index (χ2n) is 5.05. The highest BCUT2D eigenvalue weighted by Gasteiger charge is 2.23. The number of nitrogens with zero attached hydrogens (tertiary/aromatic N) is 2. The highest BCUT2D eigenvalue weighted by atomic mass is 15.2. The Balaban J connectivity index is 4.25. The number of rotatable bonds is 6. The second kappa shape index (κ2) is 6.09. The lowest BCUT2D eigenvalue weighted by Gasteiger charge is -2.36. The Bertz CT molecular complexity index is 215. The molecule has 0 aromatic heterocycles. The van der Waals surface area contributed by atoms with Crippen molar-refractivity contribution in [2.24, 2.45) is 0 Å². The molecule has 15 heavy (non-hydrogen) atoms. The Morgan fingerprint density at radius 3 is 2.27 bits per heavy atom. The van der Waals surface area contributed by atoms with Gasteiger partial charge in [-0.25, -0.2) is 0 Å². The summed E-state index contributed by atoms with van der Waals surface area (Å²) < 4.78 is 0. The second-order valence-corrected chi connectivity index (χ2v) is 5.05. The van der Waals surface area contributed by atoms with Gasteiger partial charge in [-0.2, -0.15) is 5.26 Å². The molecule has 0 fully saturated rings. The smallest absolute Gasteiger partial charge is 0.108 e. The number of hydrogen-bond donors (Lipinski definition) is 1. The highest BCUT2D eigenvalue weighted by Crippen LogP contribution is 2.16. The lowest BCUT2D eigenvalue weighted by atomic mass is 9.99. The first-order valence-electron chi connectivity index (χ1n) is 5.70. The van der Waals surface area contributed by atoms with E-state index in [-0.39, 0.29) is 11.6 Å². The molecule has 0 saturated carbocycles. The van der Waals surface area contributed by atoms with Crippen LogP contribution in [0.3, 0.4) is 0 Å². The maximum atomic E-state index is 9.02. The van der Waals surface area contributed by atoms with Gasteiger partial charge in [0.2, 0.25) is 0 Å². The zero-order valence-electron chi connectivity index (χ0n) is 11.0. The van der Waals surface area contributed by atoms with Crippen molar-refractivity contribution in [3.63, 3.8) is 0 Å². The SMILES string of the molecule is CCC(C)(C)N(C)CC(C#N)NC(C)C. The van der Waals surface area contributed by atoms with Crippen molar-refractivity contribution in [1.82, 2.24) is 10.2 Å². The van der Waals surface area contributed by atoms with Crippen LogP contribution < -0.4 is 5.32 Å². The highest BCUT2D eigenvalue weighted by molar-refractivity contribution is 4.94. The first-order chi connectivity index (χ1) is 6.83. The molecule has 0 aliphatic carbocycles.